The summed E-state index contributed by atoms with van der Waals surface area (Å²) in [6.07, 6.45) is -4.40. The highest BCUT2D eigenvalue weighted by atomic mass is 32.1. The van der Waals surface area contributed by atoms with E-state index in [0.717, 1.165) is 11.3 Å². The molecule has 3 nitrogen and oxygen atoms in total. The van der Waals surface area contributed by atoms with Gasteiger partial charge in [0.05, 0.1) is 12.1 Å². The molecule has 1 aliphatic carbocycles. The molecule has 1 unspecified atom stereocenters. The third kappa shape index (κ3) is 2.18. The van der Waals surface area contributed by atoms with Gasteiger partial charge in [-0.3, -0.25) is 4.79 Å². The van der Waals surface area contributed by atoms with Crippen molar-refractivity contribution >= 4 is 17.3 Å². The first-order chi connectivity index (χ1) is 7.37. The Bertz CT molecular complexity index is 427. The largest absolute Gasteiger partial charge is 0.481 e. The topological polar surface area (TPSA) is 50.2 Å². The van der Waals surface area contributed by atoms with Crippen LogP contribution >= 0.6 is 11.3 Å². The Morgan fingerprint density at radius 2 is 2.25 bits per heavy atom. The third-order valence-corrected chi connectivity index (χ3v) is 3.54. The van der Waals surface area contributed by atoms with Gasteiger partial charge in [0.2, 0.25) is 0 Å². The van der Waals surface area contributed by atoms with E-state index < -0.39 is 24.5 Å². The van der Waals surface area contributed by atoms with Gasteiger partial charge in [0.25, 0.3) is 0 Å². The summed E-state index contributed by atoms with van der Waals surface area (Å²) in [5.74, 6) is -1.74. The molecule has 1 atom stereocenters. The maximum Gasteiger partial charge on any atom is 0.395 e. The normalized spacial score (nSPS) is 19.8. The van der Waals surface area contributed by atoms with E-state index in [9.17, 15) is 18.0 Å². The first-order valence-electron chi connectivity index (χ1n) is 4.65. The number of hydrogen-bond donors (Lipinski definition) is 1. The molecule has 0 aliphatic heterocycles. The van der Waals surface area contributed by atoms with Crippen molar-refractivity contribution in [3.8, 4) is 0 Å². The van der Waals surface area contributed by atoms with E-state index in [-0.39, 0.29) is 5.01 Å². The molecule has 0 fully saturated rings. The molecule has 0 radical (unpaired) electrons. The first-order valence-corrected chi connectivity index (χ1v) is 5.46. The average Bonchev–Trinajstić information content (AvgIpc) is 2.57. The van der Waals surface area contributed by atoms with Crippen LogP contribution in [0.15, 0.2) is 0 Å². The van der Waals surface area contributed by atoms with E-state index in [0.29, 0.717) is 23.4 Å². The van der Waals surface area contributed by atoms with Crippen molar-refractivity contribution in [3.05, 3.63) is 15.6 Å². The number of fused-ring (bicyclic) bond motifs is 1. The fraction of sp³-hybridized carbons (Fsp3) is 0.556. The van der Waals surface area contributed by atoms with E-state index in [2.05, 4.69) is 4.98 Å². The Morgan fingerprint density at radius 1 is 1.56 bits per heavy atom. The molecule has 0 aromatic carbocycles. The van der Waals surface area contributed by atoms with Gasteiger partial charge in [0, 0.05) is 4.88 Å². The standard InChI is InChI=1S/C9H8F3NO2S/c10-9(11,12)3-6-13-7-4(8(14)15)1-2-5(7)16-6/h4H,1-3H2,(H,14,15). The number of aryl methyl sites for hydroxylation is 1. The number of aliphatic carboxylic acids is 1. The number of carboxylic acids is 1. The van der Waals surface area contributed by atoms with Crippen molar-refractivity contribution in [2.75, 3.05) is 0 Å². The second-order valence-electron chi connectivity index (χ2n) is 3.64. The minimum atomic E-state index is -4.29. The summed E-state index contributed by atoms with van der Waals surface area (Å²) in [7, 11) is 0. The zero-order valence-electron chi connectivity index (χ0n) is 8.04. The van der Waals surface area contributed by atoms with Crippen molar-refractivity contribution in [1.82, 2.24) is 4.98 Å². The van der Waals surface area contributed by atoms with Gasteiger partial charge in [-0.2, -0.15) is 13.2 Å². The first kappa shape index (κ1) is 11.4. The highest BCUT2D eigenvalue weighted by Crippen LogP contribution is 2.37. The molecule has 88 valence electrons. The van der Waals surface area contributed by atoms with Gasteiger partial charge in [-0.25, -0.2) is 4.98 Å². The van der Waals surface area contributed by atoms with Crippen LogP contribution in [0.5, 0.6) is 0 Å². The number of aromatic nitrogens is 1. The Kier molecular flexibility index (Phi) is 2.65. The highest BCUT2D eigenvalue weighted by Gasteiger charge is 2.35. The van der Waals surface area contributed by atoms with Gasteiger partial charge < -0.3 is 5.11 Å². The number of thiazole rings is 1. The summed E-state index contributed by atoms with van der Waals surface area (Å²) in [4.78, 5) is 15.3. The van der Waals surface area contributed by atoms with E-state index in [1.54, 1.807) is 0 Å². The zero-order chi connectivity index (χ0) is 11.9. The van der Waals surface area contributed by atoms with Gasteiger partial charge in [-0.05, 0) is 12.8 Å². The van der Waals surface area contributed by atoms with Gasteiger partial charge >= 0.3 is 12.1 Å². The summed E-state index contributed by atoms with van der Waals surface area (Å²) >= 11 is 0.976. The number of hydrogen-bond acceptors (Lipinski definition) is 3. The molecule has 1 N–H and O–H groups in total. The minimum Gasteiger partial charge on any atom is -0.481 e. The molecule has 0 saturated carbocycles. The Morgan fingerprint density at radius 3 is 2.81 bits per heavy atom. The summed E-state index contributed by atoms with van der Waals surface area (Å²) in [5.41, 5.74) is 0.330. The Balaban J connectivity index is 2.23. The molecular weight excluding hydrogens is 243 g/mol. The van der Waals surface area contributed by atoms with Crippen molar-refractivity contribution in [1.29, 1.82) is 0 Å². The maximum absolute atomic E-state index is 12.1. The smallest absolute Gasteiger partial charge is 0.395 e. The van der Waals surface area contributed by atoms with E-state index >= 15 is 0 Å². The Labute approximate surface area is 92.9 Å². The molecule has 0 saturated heterocycles. The summed E-state index contributed by atoms with van der Waals surface area (Å²) in [6, 6.07) is 0. The SMILES string of the molecule is O=C(O)C1CCc2sc(CC(F)(F)F)nc21. The predicted octanol–water partition coefficient (Wildman–Crippen LogP) is 2.36. The van der Waals surface area contributed by atoms with Crippen LogP contribution in [0.4, 0.5) is 13.2 Å². The van der Waals surface area contributed by atoms with E-state index in [1.165, 1.54) is 0 Å². The molecule has 1 aromatic heterocycles. The van der Waals surface area contributed by atoms with Gasteiger partial charge in [-0.15, -0.1) is 11.3 Å². The summed E-state index contributed by atoms with van der Waals surface area (Å²) in [5, 5.41) is 8.81. The second kappa shape index (κ2) is 3.73. The number of carbonyl (C=O) groups is 1. The molecule has 1 aliphatic rings. The van der Waals surface area contributed by atoms with Crippen molar-refractivity contribution < 1.29 is 23.1 Å². The van der Waals surface area contributed by atoms with Crippen molar-refractivity contribution in [2.24, 2.45) is 0 Å². The predicted molar refractivity (Wildman–Crippen MR) is 50.6 cm³/mol. The van der Waals surface area contributed by atoms with Crippen molar-refractivity contribution in [3.63, 3.8) is 0 Å². The summed E-state index contributed by atoms with van der Waals surface area (Å²) in [6.45, 7) is 0. The highest BCUT2D eigenvalue weighted by molar-refractivity contribution is 7.11. The van der Waals surface area contributed by atoms with Crippen LogP contribution in [0.25, 0.3) is 0 Å². The molecule has 1 aromatic rings. The lowest BCUT2D eigenvalue weighted by Gasteiger charge is -2.03. The molecule has 16 heavy (non-hydrogen) atoms. The van der Waals surface area contributed by atoms with Crippen LogP contribution in [-0.2, 0) is 17.6 Å². The maximum atomic E-state index is 12.1. The van der Waals surface area contributed by atoms with Gasteiger partial charge in [0.1, 0.15) is 10.9 Å². The lowest BCUT2D eigenvalue weighted by Crippen LogP contribution is -2.12. The number of halogens is 3. The fourth-order valence-electron chi connectivity index (χ4n) is 1.77. The molecular formula is C9H8F3NO2S. The minimum absolute atomic E-state index is 0.0385. The number of carboxylic acid groups (broad SMARTS) is 1. The zero-order valence-corrected chi connectivity index (χ0v) is 8.86. The van der Waals surface area contributed by atoms with Crippen LogP contribution in [0.2, 0.25) is 0 Å². The monoisotopic (exact) mass is 251 g/mol. The lowest BCUT2D eigenvalue weighted by molar-refractivity contribution is -0.138. The fourth-order valence-corrected chi connectivity index (χ4v) is 2.94. The van der Waals surface area contributed by atoms with Crippen LogP contribution in [0.3, 0.4) is 0 Å². The Hall–Kier alpha value is -1.11. The van der Waals surface area contributed by atoms with Crippen LogP contribution in [0.1, 0.15) is 27.9 Å². The molecule has 7 heteroatoms. The average molecular weight is 251 g/mol. The number of rotatable bonds is 2. The number of alkyl halides is 3. The van der Waals surface area contributed by atoms with Crippen LogP contribution < -0.4 is 0 Å². The third-order valence-electron chi connectivity index (χ3n) is 2.41. The van der Waals surface area contributed by atoms with Crippen molar-refractivity contribution in [2.45, 2.75) is 31.4 Å². The number of nitrogens with zero attached hydrogens (tertiary/aromatic N) is 1. The summed E-state index contributed by atoms with van der Waals surface area (Å²) < 4.78 is 36.3. The molecule has 0 amide bonds. The van der Waals surface area contributed by atoms with Gasteiger partial charge in [-0.1, -0.05) is 0 Å². The molecule has 0 bridgehead atoms. The second-order valence-corrected chi connectivity index (χ2v) is 4.81. The quantitative estimate of drug-likeness (QED) is 0.877. The van der Waals surface area contributed by atoms with Crippen LogP contribution in [0, 0.1) is 0 Å². The van der Waals surface area contributed by atoms with Gasteiger partial charge in [0.15, 0.2) is 0 Å². The molecule has 0 spiro atoms. The lowest BCUT2D eigenvalue weighted by atomic mass is 10.1. The van der Waals surface area contributed by atoms with E-state index in [4.69, 9.17) is 5.11 Å². The molecule has 1 heterocycles. The molecule has 2 rings (SSSR count). The van der Waals surface area contributed by atoms with Crippen LogP contribution in [-0.4, -0.2) is 22.2 Å². The van der Waals surface area contributed by atoms with E-state index in [1.807, 2.05) is 0 Å².